The maximum Gasteiger partial charge on any atom is 0.271 e. The lowest BCUT2D eigenvalue weighted by atomic mass is 10.1. The molecule has 0 saturated carbocycles. The average molecular weight is 520 g/mol. The number of nitrogens with one attached hydrogen (secondary N) is 1. The van der Waals surface area contributed by atoms with Gasteiger partial charge in [0, 0.05) is 5.56 Å². The first-order valence-corrected chi connectivity index (χ1v) is 10.5. The summed E-state index contributed by atoms with van der Waals surface area (Å²) in [6.45, 7) is 6.04. The minimum atomic E-state index is -0.288. The molecule has 29 heavy (non-hydrogen) atoms. The molecule has 5 nitrogen and oxygen atoms in total. The highest BCUT2D eigenvalue weighted by Gasteiger charge is 2.10. The topological polar surface area (TPSA) is 63.8 Å². The minimum absolute atomic E-state index is 0.288. The van der Waals surface area contributed by atoms with E-state index < -0.39 is 0 Å². The predicted octanol–water partition coefficient (Wildman–Crippen LogP) is 6.15. The van der Waals surface area contributed by atoms with E-state index in [-0.39, 0.29) is 5.91 Å². The Balaban J connectivity index is 1.60. The van der Waals surface area contributed by atoms with Crippen LogP contribution in [0.25, 0.3) is 0 Å². The molecule has 0 aliphatic carbocycles. The summed E-state index contributed by atoms with van der Waals surface area (Å²) < 4.78 is 13.2. The van der Waals surface area contributed by atoms with Crippen molar-refractivity contribution >= 4 is 43.5 Å². The number of hydrogen-bond acceptors (Lipinski definition) is 4. The van der Waals surface area contributed by atoms with Crippen LogP contribution < -0.4 is 10.2 Å². The standard InChI is InChI=1S/C22H20Br2N2O3/c1-13-10-18(23)21(19(24)11-13)28-12-16-5-7-17(8-6-16)22(27)26-25-15(3)20-9-4-14(2)29-20/h4-11H,12H2,1-3H3,(H,26,27)/b25-15-. The third kappa shape index (κ3) is 5.58. The van der Waals surface area contributed by atoms with Crippen molar-refractivity contribution < 1.29 is 13.9 Å². The molecule has 150 valence electrons. The summed E-state index contributed by atoms with van der Waals surface area (Å²) in [4.78, 5) is 12.3. The normalized spacial score (nSPS) is 11.4. The zero-order valence-electron chi connectivity index (χ0n) is 16.3. The molecule has 0 bridgehead atoms. The monoisotopic (exact) mass is 518 g/mol. The fourth-order valence-corrected chi connectivity index (χ4v) is 4.26. The summed E-state index contributed by atoms with van der Waals surface area (Å²) >= 11 is 7.04. The van der Waals surface area contributed by atoms with Crippen molar-refractivity contribution in [2.45, 2.75) is 27.4 Å². The van der Waals surface area contributed by atoms with E-state index in [1.165, 1.54) is 0 Å². The number of rotatable bonds is 6. The van der Waals surface area contributed by atoms with Crippen LogP contribution in [-0.2, 0) is 6.61 Å². The Morgan fingerprint density at radius 1 is 1.07 bits per heavy atom. The minimum Gasteiger partial charge on any atom is -0.487 e. The lowest BCUT2D eigenvalue weighted by Gasteiger charge is -2.11. The number of hydrogen-bond donors (Lipinski definition) is 1. The fraction of sp³-hybridized carbons (Fsp3) is 0.182. The molecule has 0 fully saturated rings. The molecule has 3 rings (SSSR count). The largest absolute Gasteiger partial charge is 0.487 e. The molecule has 1 heterocycles. The van der Waals surface area contributed by atoms with Crippen LogP contribution in [0.5, 0.6) is 5.75 Å². The van der Waals surface area contributed by atoms with Crippen LogP contribution in [0.3, 0.4) is 0 Å². The quantitative estimate of drug-likeness (QED) is 0.313. The van der Waals surface area contributed by atoms with E-state index in [1.54, 1.807) is 19.1 Å². The Labute approximate surface area is 186 Å². The number of furan rings is 1. The van der Waals surface area contributed by atoms with Gasteiger partial charge >= 0.3 is 0 Å². The number of benzene rings is 2. The highest BCUT2D eigenvalue weighted by Crippen LogP contribution is 2.35. The van der Waals surface area contributed by atoms with Crippen LogP contribution >= 0.6 is 31.9 Å². The van der Waals surface area contributed by atoms with E-state index in [9.17, 15) is 4.79 Å². The number of amides is 1. The number of halogens is 2. The summed E-state index contributed by atoms with van der Waals surface area (Å²) in [6, 6.07) is 14.9. The Kier molecular flexibility index (Phi) is 6.92. The van der Waals surface area contributed by atoms with E-state index in [4.69, 9.17) is 9.15 Å². The smallest absolute Gasteiger partial charge is 0.271 e. The van der Waals surface area contributed by atoms with Crippen LogP contribution in [0.1, 0.15) is 39.9 Å². The van der Waals surface area contributed by atoms with Crippen LogP contribution in [0.4, 0.5) is 0 Å². The predicted molar refractivity (Wildman–Crippen MR) is 120 cm³/mol. The molecule has 0 aliphatic heterocycles. The highest BCUT2D eigenvalue weighted by molar-refractivity contribution is 9.11. The Morgan fingerprint density at radius 2 is 1.72 bits per heavy atom. The van der Waals surface area contributed by atoms with Crippen molar-refractivity contribution in [2.75, 3.05) is 0 Å². The van der Waals surface area contributed by atoms with E-state index in [0.717, 1.165) is 31.6 Å². The first-order valence-electron chi connectivity index (χ1n) is 8.92. The summed E-state index contributed by atoms with van der Waals surface area (Å²) in [6.07, 6.45) is 0. The van der Waals surface area contributed by atoms with Gasteiger partial charge < -0.3 is 9.15 Å². The molecule has 3 aromatic rings. The third-order valence-electron chi connectivity index (χ3n) is 4.16. The van der Waals surface area contributed by atoms with Crippen molar-refractivity contribution in [3.63, 3.8) is 0 Å². The number of ether oxygens (including phenoxy) is 1. The number of carbonyl (C=O) groups is 1. The second kappa shape index (κ2) is 9.41. The van der Waals surface area contributed by atoms with Gasteiger partial charge in [0.25, 0.3) is 5.91 Å². The van der Waals surface area contributed by atoms with Gasteiger partial charge in [0.2, 0.25) is 0 Å². The molecule has 0 atom stereocenters. The number of hydrazone groups is 1. The Hall–Kier alpha value is -2.38. The first kappa shape index (κ1) is 21.3. The van der Waals surface area contributed by atoms with E-state index in [2.05, 4.69) is 42.4 Å². The van der Waals surface area contributed by atoms with E-state index in [0.29, 0.717) is 23.6 Å². The van der Waals surface area contributed by atoms with Gasteiger partial charge in [0.05, 0.1) is 8.95 Å². The van der Waals surface area contributed by atoms with Crippen molar-refractivity contribution in [1.29, 1.82) is 0 Å². The van der Waals surface area contributed by atoms with Gasteiger partial charge in [-0.15, -0.1) is 0 Å². The van der Waals surface area contributed by atoms with E-state index in [1.807, 2.05) is 50.2 Å². The number of aryl methyl sites for hydroxylation is 2. The first-order chi connectivity index (χ1) is 13.8. The highest BCUT2D eigenvalue weighted by atomic mass is 79.9. The van der Waals surface area contributed by atoms with Gasteiger partial charge in [0.1, 0.15) is 29.6 Å². The van der Waals surface area contributed by atoms with Crippen molar-refractivity contribution in [1.82, 2.24) is 5.43 Å². The molecule has 0 spiro atoms. The van der Waals surface area contributed by atoms with Gasteiger partial charge in [0.15, 0.2) is 0 Å². The van der Waals surface area contributed by atoms with Crippen LogP contribution in [0.15, 0.2) is 67.0 Å². The van der Waals surface area contributed by atoms with Crippen LogP contribution in [-0.4, -0.2) is 11.6 Å². The Bertz CT molecular complexity index is 1030. The zero-order chi connectivity index (χ0) is 21.0. The maximum atomic E-state index is 12.3. The van der Waals surface area contributed by atoms with Gasteiger partial charge in [-0.3, -0.25) is 4.79 Å². The molecule has 2 aromatic carbocycles. The number of nitrogens with zero attached hydrogens (tertiary/aromatic N) is 1. The van der Waals surface area contributed by atoms with Crippen LogP contribution in [0.2, 0.25) is 0 Å². The number of carbonyl (C=O) groups excluding carboxylic acids is 1. The molecular weight excluding hydrogens is 500 g/mol. The van der Waals surface area contributed by atoms with Gasteiger partial charge in [-0.25, -0.2) is 5.43 Å². The van der Waals surface area contributed by atoms with Crippen molar-refractivity contribution in [3.8, 4) is 5.75 Å². The fourth-order valence-electron chi connectivity index (χ4n) is 2.62. The van der Waals surface area contributed by atoms with E-state index >= 15 is 0 Å². The lowest BCUT2D eigenvalue weighted by molar-refractivity contribution is 0.0954. The van der Waals surface area contributed by atoms with Gasteiger partial charge in [-0.1, -0.05) is 12.1 Å². The van der Waals surface area contributed by atoms with Crippen molar-refractivity contribution in [3.05, 3.63) is 85.7 Å². The summed E-state index contributed by atoms with van der Waals surface area (Å²) in [5.74, 6) is 1.88. The van der Waals surface area contributed by atoms with Crippen molar-refractivity contribution in [2.24, 2.45) is 5.10 Å². The third-order valence-corrected chi connectivity index (χ3v) is 5.34. The molecule has 0 radical (unpaired) electrons. The molecule has 7 heteroatoms. The SMILES string of the molecule is C/C(=N/NC(=O)c1ccc(COc2c(Br)cc(C)cc2Br)cc1)c1ccc(C)o1. The molecule has 1 aromatic heterocycles. The van der Waals surface area contributed by atoms with Gasteiger partial charge in [-0.2, -0.15) is 5.10 Å². The molecule has 1 amide bonds. The second-order valence-electron chi connectivity index (χ2n) is 6.59. The van der Waals surface area contributed by atoms with Crippen LogP contribution in [0, 0.1) is 13.8 Å². The molecule has 0 aliphatic rings. The average Bonchev–Trinajstić information content (AvgIpc) is 3.12. The summed E-state index contributed by atoms with van der Waals surface area (Å²) in [5, 5.41) is 4.10. The maximum absolute atomic E-state index is 12.3. The zero-order valence-corrected chi connectivity index (χ0v) is 19.4. The second-order valence-corrected chi connectivity index (χ2v) is 8.30. The molecule has 1 N–H and O–H groups in total. The Morgan fingerprint density at radius 3 is 2.31 bits per heavy atom. The van der Waals surface area contributed by atoms with Gasteiger partial charge in [-0.05, 0) is 100 Å². The molecule has 0 saturated heterocycles. The lowest BCUT2D eigenvalue weighted by Crippen LogP contribution is -2.19. The molecule has 0 unspecified atom stereocenters. The summed E-state index contributed by atoms with van der Waals surface area (Å²) in [5.41, 5.74) is 5.75. The molecular formula is C22H20Br2N2O3. The summed E-state index contributed by atoms with van der Waals surface area (Å²) in [7, 11) is 0.